The van der Waals surface area contributed by atoms with Crippen molar-refractivity contribution in [3.63, 3.8) is 0 Å². The van der Waals surface area contributed by atoms with Crippen LogP contribution in [-0.2, 0) is 6.42 Å². The minimum atomic E-state index is 0.105. The first kappa shape index (κ1) is 16.8. The van der Waals surface area contributed by atoms with E-state index in [1.165, 1.54) is 22.3 Å². The van der Waals surface area contributed by atoms with Crippen molar-refractivity contribution in [2.24, 2.45) is 0 Å². The molecule has 0 saturated carbocycles. The smallest absolute Gasteiger partial charge is 0.189 e. The topological polar surface area (TPSA) is 26.3 Å². The molecule has 0 radical (unpaired) electrons. The molecular formula is C26H20O2. The summed E-state index contributed by atoms with van der Waals surface area (Å²) in [6, 6.07) is 24.5. The third kappa shape index (κ3) is 2.38. The Kier molecular flexibility index (Phi) is 3.80. The van der Waals surface area contributed by atoms with Gasteiger partial charge in [0.05, 0.1) is 7.11 Å². The maximum absolute atomic E-state index is 13.4. The van der Waals surface area contributed by atoms with E-state index in [2.05, 4.69) is 30.3 Å². The molecule has 5 rings (SSSR count). The molecule has 0 atom stereocenters. The SMILES string of the molecule is COc1ccc(-c2c3c(c4ccccc4c(=O)c2C)Cc2ccccc2-3)cc1. The lowest BCUT2D eigenvalue weighted by Crippen LogP contribution is -2.03. The molecule has 0 bridgehead atoms. The van der Waals surface area contributed by atoms with Gasteiger partial charge in [0, 0.05) is 10.9 Å². The lowest BCUT2D eigenvalue weighted by molar-refractivity contribution is 0.415. The Morgan fingerprint density at radius 2 is 1.46 bits per heavy atom. The predicted octanol–water partition coefficient (Wildman–Crippen LogP) is 5.76. The number of fused-ring (bicyclic) bond motifs is 5. The maximum Gasteiger partial charge on any atom is 0.189 e. The Morgan fingerprint density at radius 1 is 0.786 bits per heavy atom. The first-order valence-electron chi connectivity index (χ1n) is 9.50. The Morgan fingerprint density at radius 3 is 2.21 bits per heavy atom. The molecule has 0 aliphatic heterocycles. The summed E-state index contributed by atoms with van der Waals surface area (Å²) in [6.07, 6.45) is 0.850. The van der Waals surface area contributed by atoms with Crippen molar-refractivity contribution in [2.45, 2.75) is 13.3 Å². The van der Waals surface area contributed by atoms with Crippen molar-refractivity contribution in [3.05, 3.63) is 99.7 Å². The summed E-state index contributed by atoms with van der Waals surface area (Å²) in [5, 5.41) is 1.85. The lowest BCUT2D eigenvalue weighted by Gasteiger charge is -2.11. The summed E-state index contributed by atoms with van der Waals surface area (Å²) in [7, 11) is 1.67. The average Bonchev–Trinajstić information content (AvgIpc) is 3.09. The molecule has 0 amide bonds. The van der Waals surface area contributed by atoms with Gasteiger partial charge in [-0.3, -0.25) is 4.79 Å². The normalized spacial score (nSPS) is 11.9. The number of rotatable bonds is 2. The van der Waals surface area contributed by atoms with E-state index in [9.17, 15) is 4.79 Å². The van der Waals surface area contributed by atoms with Crippen LogP contribution in [0.5, 0.6) is 5.75 Å². The van der Waals surface area contributed by atoms with Gasteiger partial charge in [0.15, 0.2) is 5.43 Å². The first-order valence-corrected chi connectivity index (χ1v) is 9.50. The molecule has 4 aromatic carbocycles. The van der Waals surface area contributed by atoms with Crippen LogP contribution in [0.1, 0.15) is 16.7 Å². The van der Waals surface area contributed by atoms with Crippen molar-refractivity contribution < 1.29 is 4.74 Å². The molecule has 0 unspecified atom stereocenters. The number of hydrogen-bond donors (Lipinski definition) is 0. The fourth-order valence-corrected chi connectivity index (χ4v) is 4.44. The van der Waals surface area contributed by atoms with Gasteiger partial charge < -0.3 is 4.74 Å². The fourth-order valence-electron chi connectivity index (χ4n) is 4.44. The molecule has 1 aliphatic carbocycles. The molecular weight excluding hydrogens is 344 g/mol. The monoisotopic (exact) mass is 364 g/mol. The Balaban J connectivity index is 1.98. The Bertz CT molecular complexity index is 1280. The highest BCUT2D eigenvalue weighted by Crippen LogP contribution is 2.45. The van der Waals surface area contributed by atoms with Crippen LogP contribution in [0.3, 0.4) is 0 Å². The van der Waals surface area contributed by atoms with E-state index in [0.717, 1.165) is 39.6 Å². The summed E-state index contributed by atoms with van der Waals surface area (Å²) in [4.78, 5) is 13.4. The van der Waals surface area contributed by atoms with Crippen LogP contribution in [0, 0.1) is 6.92 Å². The number of benzene rings is 3. The quantitative estimate of drug-likeness (QED) is 0.398. The van der Waals surface area contributed by atoms with Gasteiger partial charge in [-0.1, -0.05) is 60.7 Å². The highest BCUT2D eigenvalue weighted by Gasteiger charge is 2.25. The van der Waals surface area contributed by atoms with E-state index in [0.29, 0.717) is 0 Å². The van der Waals surface area contributed by atoms with Gasteiger partial charge in [-0.05, 0) is 64.2 Å². The number of methoxy groups -OCH3 is 1. The molecule has 0 spiro atoms. The second-order valence-corrected chi connectivity index (χ2v) is 7.29. The van der Waals surface area contributed by atoms with Crippen molar-refractivity contribution in [3.8, 4) is 28.0 Å². The molecule has 0 saturated heterocycles. The molecule has 1 aliphatic rings. The van der Waals surface area contributed by atoms with Crippen LogP contribution in [0.25, 0.3) is 33.0 Å². The number of ether oxygens (including phenoxy) is 1. The summed E-state index contributed by atoms with van der Waals surface area (Å²) in [6.45, 7) is 1.95. The molecule has 0 heterocycles. The van der Waals surface area contributed by atoms with Crippen LogP contribution in [0.4, 0.5) is 0 Å². The van der Waals surface area contributed by atoms with Gasteiger partial charge >= 0.3 is 0 Å². The molecule has 0 N–H and O–H groups in total. The van der Waals surface area contributed by atoms with E-state index in [1.54, 1.807) is 7.11 Å². The molecule has 2 heteroatoms. The molecule has 0 aromatic heterocycles. The number of hydrogen-bond acceptors (Lipinski definition) is 2. The largest absolute Gasteiger partial charge is 0.497 e. The standard InChI is InChI=1S/C26H20O2/c1-16-24(17-11-13-19(28-2)14-12-17)25-20-8-4-3-7-18(20)15-23(25)21-9-5-6-10-22(21)26(16)27/h3-14H,15H2,1-2H3. The van der Waals surface area contributed by atoms with Gasteiger partial charge in [-0.2, -0.15) is 0 Å². The zero-order valence-corrected chi connectivity index (χ0v) is 16.0. The molecule has 136 valence electrons. The van der Waals surface area contributed by atoms with Gasteiger partial charge in [0.25, 0.3) is 0 Å². The second kappa shape index (κ2) is 6.35. The van der Waals surface area contributed by atoms with E-state index in [4.69, 9.17) is 4.74 Å². The lowest BCUT2D eigenvalue weighted by atomic mass is 9.93. The minimum absolute atomic E-state index is 0.105. The van der Waals surface area contributed by atoms with Gasteiger partial charge in [0.1, 0.15) is 5.75 Å². The van der Waals surface area contributed by atoms with Crippen LogP contribution in [0.2, 0.25) is 0 Å². The summed E-state index contributed by atoms with van der Waals surface area (Å²) in [5.41, 5.74) is 7.95. The Hall–Kier alpha value is -3.39. The third-order valence-corrected chi connectivity index (χ3v) is 5.80. The van der Waals surface area contributed by atoms with Gasteiger partial charge in [-0.25, -0.2) is 0 Å². The fraction of sp³-hybridized carbons (Fsp3) is 0.115. The van der Waals surface area contributed by atoms with Crippen molar-refractivity contribution in [1.82, 2.24) is 0 Å². The van der Waals surface area contributed by atoms with Gasteiger partial charge in [-0.15, -0.1) is 0 Å². The van der Waals surface area contributed by atoms with Crippen molar-refractivity contribution in [2.75, 3.05) is 7.11 Å². The van der Waals surface area contributed by atoms with E-state index >= 15 is 0 Å². The zero-order chi connectivity index (χ0) is 19.3. The third-order valence-electron chi connectivity index (χ3n) is 5.80. The molecule has 4 aromatic rings. The van der Waals surface area contributed by atoms with Gasteiger partial charge in [0.2, 0.25) is 0 Å². The molecule has 2 nitrogen and oxygen atoms in total. The van der Waals surface area contributed by atoms with Crippen LogP contribution >= 0.6 is 0 Å². The van der Waals surface area contributed by atoms with E-state index in [-0.39, 0.29) is 5.43 Å². The van der Waals surface area contributed by atoms with E-state index < -0.39 is 0 Å². The van der Waals surface area contributed by atoms with Crippen LogP contribution < -0.4 is 10.2 Å². The minimum Gasteiger partial charge on any atom is -0.497 e. The highest BCUT2D eigenvalue weighted by molar-refractivity contribution is 6.00. The van der Waals surface area contributed by atoms with Crippen molar-refractivity contribution in [1.29, 1.82) is 0 Å². The zero-order valence-electron chi connectivity index (χ0n) is 16.0. The first-order chi connectivity index (χ1) is 13.7. The summed E-state index contributed by atoms with van der Waals surface area (Å²) >= 11 is 0. The van der Waals surface area contributed by atoms with Crippen molar-refractivity contribution >= 4 is 10.8 Å². The van der Waals surface area contributed by atoms with Crippen LogP contribution in [-0.4, -0.2) is 7.11 Å². The second-order valence-electron chi connectivity index (χ2n) is 7.29. The molecule has 28 heavy (non-hydrogen) atoms. The van der Waals surface area contributed by atoms with Crippen LogP contribution in [0.15, 0.2) is 77.6 Å². The maximum atomic E-state index is 13.4. The molecule has 0 fully saturated rings. The summed E-state index contributed by atoms with van der Waals surface area (Å²) in [5.74, 6) is 0.811. The predicted molar refractivity (Wildman–Crippen MR) is 115 cm³/mol. The highest BCUT2D eigenvalue weighted by atomic mass is 16.5. The van der Waals surface area contributed by atoms with E-state index in [1.807, 2.05) is 49.4 Å². The Labute approximate surface area is 164 Å². The summed E-state index contributed by atoms with van der Waals surface area (Å²) < 4.78 is 5.33. The average molecular weight is 364 g/mol.